The molecule has 1 radical (unpaired) electrons. The average Bonchev–Trinajstić information content (AvgIpc) is 2.22. The summed E-state index contributed by atoms with van der Waals surface area (Å²) in [6.45, 7) is -3.25. The summed E-state index contributed by atoms with van der Waals surface area (Å²) in [7, 11) is 0. The minimum absolute atomic E-state index is 0. The molecule has 0 aliphatic heterocycles. The van der Waals surface area contributed by atoms with Gasteiger partial charge in [0.05, 0.1) is 23.9 Å². The van der Waals surface area contributed by atoms with Gasteiger partial charge in [-0.2, -0.15) is 0 Å². The van der Waals surface area contributed by atoms with E-state index in [1.54, 1.807) is 0 Å². The predicted octanol–water partition coefficient (Wildman–Crippen LogP) is -10.4. The summed E-state index contributed by atoms with van der Waals surface area (Å²) in [6.07, 6.45) is 0. The molecule has 0 unspecified atom stereocenters. The molecule has 0 saturated carbocycles. The van der Waals surface area contributed by atoms with Crippen molar-refractivity contribution in [2.24, 2.45) is 0 Å². The first-order chi connectivity index (χ1) is 9.20. The zero-order valence-electron chi connectivity index (χ0n) is 11.7. The summed E-state index contributed by atoms with van der Waals surface area (Å²) < 4.78 is 0. The smallest absolute Gasteiger partial charge is 0.549 e. The zero-order chi connectivity index (χ0) is 15.7. The molecule has 0 spiro atoms. The Morgan fingerprint density at radius 1 is 0.591 bits per heavy atom. The van der Waals surface area contributed by atoms with Crippen molar-refractivity contribution in [3.8, 4) is 0 Å². The van der Waals surface area contributed by atoms with Gasteiger partial charge in [-0.3, -0.25) is 9.80 Å². The van der Waals surface area contributed by atoms with E-state index >= 15 is 0 Å². The molecule has 0 aliphatic rings. The molecule has 0 atom stereocenters. The van der Waals surface area contributed by atoms with Crippen molar-refractivity contribution in [2.45, 2.75) is 0 Å². The van der Waals surface area contributed by atoms with Gasteiger partial charge in [0.2, 0.25) is 0 Å². The largest absolute Gasteiger partial charge is 2.00 e. The van der Waals surface area contributed by atoms with Crippen molar-refractivity contribution < 1.29 is 85.9 Å². The third-order valence-corrected chi connectivity index (χ3v) is 2.14. The molecule has 0 aromatic heterocycles. The van der Waals surface area contributed by atoms with Crippen LogP contribution >= 0.6 is 0 Å². The molecule has 0 amide bonds. The molecular formula is C10H12CoN2NaO8-. The summed E-state index contributed by atoms with van der Waals surface area (Å²) in [5.74, 6) is -6.12. The molecule has 0 N–H and O–H groups in total. The van der Waals surface area contributed by atoms with E-state index < -0.39 is 50.1 Å². The summed E-state index contributed by atoms with van der Waals surface area (Å²) in [5, 5.41) is 41.6. The van der Waals surface area contributed by atoms with Crippen LogP contribution in [-0.2, 0) is 36.0 Å². The number of hydrogen-bond donors (Lipinski definition) is 0. The van der Waals surface area contributed by atoms with Crippen LogP contribution in [0.1, 0.15) is 0 Å². The van der Waals surface area contributed by atoms with Crippen molar-refractivity contribution in [3.63, 3.8) is 0 Å². The Balaban J connectivity index is -0.00000180. The van der Waals surface area contributed by atoms with Crippen LogP contribution in [0.5, 0.6) is 0 Å². The normalized spacial score (nSPS) is 9.73. The van der Waals surface area contributed by atoms with E-state index in [-0.39, 0.29) is 59.4 Å². The second-order valence-corrected chi connectivity index (χ2v) is 3.91. The van der Waals surface area contributed by atoms with Gasteiger partial charge in [-0.25, -0.2) is 0 Å². The molecule has 0 rings (SSSR count). The topological polar surface area (TPSA) is 167 Å². The zero-order valence-corrected chi connectivity index (χ0v) is 14.8. The Morgan fingerprint density at radius 2 is 0.773 bits per heavy atom. The van der Waals surface area contributed by atoms with Gasteiger partial charge in [0.25, 0.3) is 0 Å². The van der Waals surface area contributed by atoms with Gasteiger partial charge >= 0.3 is 46.3 Å². The van der Waals surface area contributed by atoms with Crippen LogP contribution in [0.2, 0.25) is 0 Å². The molecule has 0 fully saturated rings. The van der Waals surface area contributed by atoms with E-state index in [0.717, 1.165) is 9.80 Å². The molecule has 0 bridgehead atoms. The number of carboxylic acid groups (broad SMARTS) is 4. The second kappa shape index (κ2) is 13.9. The third-order valence-electron chi connectivity index (χ3n) is 2.14. The Morgan fingerprint density at radius 3 is 0.909 bits per heavy atom. The van der Waals surface area contributed by atoms with Crippen molar-refractivity contribution in [1.82, 2.24) is 9.80 Å². The molecule has 0 aromatic rings. The molecule has 0 saturated heterocycles. The van der Waals surface area contributed by atoms with Gasteiger partial charge in [0.15, 0.2) is 0 Å². The van der Waals surface area contributed by atoms with Crippen molar-refractivity contribution >= 4 is 23.9 Å². The van der Waals surface area contributed by atoms with Crippen LogP contribution in [0.25, 0.3) is 0 Å². The fourth-order valence-electron chi connectivity index (χ4n) is 1.44. The van der Waals surface area contributed by atoms with Crippen LogP contribution in [0, 0.1) is 0 Å². The monoisotopic (exact) mass is 370 g/mol. The van der Waals surface area contributed by atoms with Gasteiger partial charge in [-0.05, 0) is 0 Å². The summed E-state index contributed by atoms with van der Waals surface area (Å²) in [5.41, 5.74) is 0. The van der Waals surface area contributed by atoms with Gasteiger partial charge in [0.1, 0.15) is 0 Å². The number of aliphatic carboxylic acids is 4. The molecule has 0 heterocycles. The first-order valence-corrected chi connectivity index (χ1v) is 5.44. The Labute approximate surface area is 158 Å². The van der Waals surface area contributed by atoms with Crippen molar-refractivity contribution in [2.75, 3.05) is 39.3 Å². The fourth-order valence-corrected chi connectivity index (χ4v) is 1.44. The fraction of sp³-hybridized carbons (Fsp3) is 0.600. The summed E-state index contributed by atoms with van der Waals surface area (Å²) >= 11 is 0. The van der Waals surface area contributed by atoms with Gasteiger partial charge in [-0.15, -0.1) is 0 Å². The van der Waals surface area contributed by atoms with E-state index in [9.17, 15) is 39.6 Å². The Bertz CT molecular complexity index is 327. The van der Waals surface area contributed by atoms with E-state index in [1.165, 1.54) is 0 Å². The molecule has 121 valence electrons. The SMILES string of the molecule is O=C([O-])CN(CCN(CC(=O)[O-])CC(=O)[O-])CC(=O)[O-].[Co+2].[Na+]. The van der Waals surface area contributed by atoms with Crippen LogP contribution in [0.3, 0.4) is 0 Å². The first kappa shape index (κ1) is 26.2. The van der Waals surface area contributed by atoms with E-state index in [0.29, 0.717) is 0 Å². The molecular weight excluding hydrogens is 358 g/mol. The predicted molar refractivity (Wildman–Crippen MR) is 52.9 cm³/mol. The summed E-state index contributed by atoms with van der Waals surface area (Å²) in [4.78, 5) is 43.4. The molecule has 0 aromatic carbocycles. The summed E-state index contributed by atoms with van der Waals surface area (Å²) in [6, 6.07) is 0. The van der Waals surface area contributed by atoms with Crippen LogP contribution < -0.4 is 50.0 Å². The minimum atomic E-state index is -1.53. The molecule has 12 heteroatoms. The van der Waals surface area contributed by atoms with Gasteiger partial charge < -0.3 is 39.6 Å². The van der Waals surface area contributed by atoms with Gasteiger partial charge in [0, 0.05) is 39.3 Å². The van der Waals surface area contributed by atoms with E-state index in [4.69, 9.17) is 0 Å². The number of carbonyl (C=O) groups excluding carboxylic acids is 4. The van der Waals surface area contributed by atoms with Gasteiger partial charge in [-0.1, -0.05) is 0 Å². The van der Waals surface area contributed by atoms with E-state index in [2.05, 4.69) is 0 Å². The first-order valence-electron chi connectivity index (χ1n) is 5.44. The average molecular weight is 370 g/mol. The molecule has 22 heavy (non-hydrogen) atoms. The second-order valence-electron chi connectivity index (χ2n) is 3.91. The maximum atomic E-state index is 10.4. The van der Waals surface area contributed by atoms with Crippen LogP contribution in [0.15, 0.2) is 0 Å². The Hall–Kier alpha value is -0.694. The molecule has 0 aliphatic carbocycles. The molecule has 10 nitrogen and oxygen atoms in total. The van der Waals surface area contributed by atoms with Crippen molar-refractivity contribution in [3.05, 3.63) is 0 Å². The number of carboxylic acids is 4. The maximum absolute atomic E-state index is 10.4. The maximum Gasteiger partial charge on any atom is 2.00 e. The number of nitrogens with zero attached hydrogens (tertiary/aromatic N) is 2. The Kier molecular flexibility index (Phi) is 16.6. The number of hydrogen-bond acceptors (Lipinski definition) is 10. The minimum Gasteiger partial charge on any atom is -0.549 e. The van der Waals surface area contributed by atoms with Crippen LogP contribution in [-0.4, -0.2) is 72.9 Å². The number of carbonyl (C=O) groups is 4. The van der Waals surface area contributed by atoms with E-state index in [1.807, 2.05) is 0 Å². The quantitative estimate of drug-likeness (QED) is 0.319. The standard InChI is InChI=1S/C10H16N2O8.Co.Na/c13-7(14)3-11(4-8(15)16)1-2-12(5-9(17)18)6-10(19)20;;/h1-6H2,(H,13,14)(H,15,16)(H,17,18)(H,19,20);;/q;+2;+1/p-4. The van der Waals surface area contributed by atoms with Crippen molar-refractivity contribution in [1.29, 1.82) is 0 Å². The van der Waals surface area contributed by atoms with Crippen LogP contribution in [0.4, 0.5) is 0 Å². The third kappa shape index (κ3) is 15.7. The number of rotatable bonds is 11.